The van der Waals surface area contributed by atoms with E-state index in [1.165, 1.54) is 18.2 Å². The number of hydrogen-bond acceptors (Lipinski definition) is 1. The van der Waals surface area contributed by atoms with Crippen LogP contribution >= 0.6 is 0 Å². The minimum absolute atomic E-state index is 0.318. The van der Waals surface area contributed by atoms with E-state index in [0.717, 1.165) is 17.2 Å². The van der Waals surface area contributed by atoms with Crippen LogP contribution < -0.4 is 5.32 Å². The summed E-state index contributed by atoms with van der Waals surface area (Å²) in [4.78, 5) is 0. The van der Waals surface area contributed by atoms with E-state index in [1.54, 1.807) is 20.0 Å². The highest BCUT2D eigenvalue weighted by atomic mass is 19.1. The summed E-state index contributed by atoms with van der Waals surface area (Å²) in [7, 11) is 1.71. The molecule has 1 unspecified atom stereocenters. The van der Waals surface area contributed by atoms with Gasteiger partial charge in [-0.05, 0) is 62.2 Å². The summed E-state index contributed by atoms with van der Waals surface area (Å²) in [6.45, 7) is 3.48. The van der Waals surface area contributed by atoms with Gasteiger partial charge in [-0.2, -0.15) is 0 Å². The number of hydrogen-bond donors (Lipinski definition) is 1. The van der Waals surface area contributed by atoms with Crippen molar-refractivity contribution in [1.29, 1.82) is 0 Å². The van der Waals surface area contributed by atoms with Gasteiger partial charge >= 0.3 is 0 Å². The van der Waals surface area contributed by atoms with Crippen molar-refractivity contribution in [3.8, 4) is 0 Å². The van der Waals surface area contributed by atoms with Gasteiger partial charge in [0.25, 0.3) is 0 Å². The molecular formula is C17H18F3N. The summed E-state index contributed by atoms with van der Waals surface area (Å²) >= 11 is 0. The first-order chi connectivity index (χ1) is 9.92. The van der Waals surface area contributed by atoms with Gasteiger partial charge in [0.05, 0.1) is 0 Å². The van der Waals surface area contributed by atoms with E-state index in [4.69, 9.17) is 0 Å². The molecule has 0 aliphatic carbocycles. The van der Waals surface area contributed by atoms with Crippen molar-refractivity contribution < 1.29 is 13.2 Å². The first-order valence-electron chi connectivity index (χ1n) is 6.80. The van der Waals surface area contributed by atoms with E-state index < -0.39 is 11.6 Å². The molecular weight excluding hydrogens is 275 g/mol. The van der Waals surface area contributed by atoms with Crippen LogP contribution in [0.25, 0.3) is 0 Å². The first-order valence-corrected chi connectivity index (χ1v) is 6.80. The Kier molecular flexibility index (Phi) is 4.68. The van der Waals surface area contributed by atoms with Gasteiger partial charge in [-0.25, -0.2) is 13.2 Å². The van der Waals surface area contributed by atoms with Crippen molar-refractivity contribution in [3.63, 3.8) is 0 Å². The Morgan fingerprint density at radius 3 is 2.33 bits per heavy atom. The van der Waals surface area contributed by atoms with Crippen LogP contribution in [0, 0.1) is 31.3 Å². The average molecular weight is 293 g/mol. The van der Waals surface area contributed by atoms with Crippen LogP contribution in [0.3, 0.4) is 0 Å². The molecule has 0 fully saturated rings. The van der Waals surface area contributed by atoms with Gasteiger partial charge in [0.2, 0.25) is 0 Å². The average Bonchev–Trinajstić information content (AvgIpc) is 2.44. The normalized spacial score (nSPS) is 12.5. The highest BCUT2D eigenvalue weighted by Crippen LogP contribution is 2.25. The third-order valence-electron chi connectivity index (χ3n) is 3.74. The van der Waals surface area contributed by atoms with Gasteiger partial charge in [0, 0.05) is 17.7 Å². The highest BCUT2D eigenvalue weighted by molar-refractivity contribution is 5.32. The molecule has 1 nitrogen and oxygen atoms in total. The Balaban J connectivity index is 2.36. The molecule has 0 amide bonds. The summed E-state index contributed by atoms with van der Waals surface area (Å²) in [5, 5.41) is 3.02. The van der Waals surface area contributed by atoms with Crippen molar-refractivity contribution in [1.82, 2.24) is 5.32 Å². The van der Waals surface area contributed by atoms with Gasteiger partial charge in [-0.1, -0.05) is 6.07 Å². The molecule has 0 aromatic heterocycles. The molecule has 21 heavy (non-hydrogen) atoms. The third-order valence-corrected chi connectivity index (χ3v) is 3.74. The fraction of sp³-hybridized carbons (Fsp3) is 0.294. The number of benzene rings is 2. The number of halogens is 3. The number of likely N-dealkylation sites (N-methyl/N-ethyl adjacent to an activating group) is 1. The summed E-state index contributed by atoms with van der Waals surface area (Å²) < 4.78 is 40.7. The minimum Gasteiger partial charge on any atom is -0.313 e. The predicted molar refractivity (Wildman–Crippen MR) is 77.7 cm³/mol. The monoisotopic (exact) mass is 293 g/mol. The molecule has 0 saturated carbocycles. The highest BCUT2D eigenvalue weighted by Gasteiger charge is 2.18. The van der Waals surface area contributed by atoms with Gasteiger partial charge in [0.1, 0.15) is 17.5 Å². The lowest BCUT2D eigenvalue weighted by atomic mass is 9.94. The molecule has 1 atom stereocenters. The Morgan fingerprint density at radius 1 is 0.952 bits per heavy atom. The largest absolute Gasteiger partial charge is 0.313 e. The maximum absolute atomic E-state index is 14.0. The lowest BCUT2D eigenvalue weighted by Gasteiger charge is -2.19. The van der Waals surface area contributed by atoms with E-state index in [9.17, 15) is 13.2 Å². The van der Waals surface area contributed by atoms with Crippen LogP contribution in [0.1, 0.15) is 28.3 Å². The maximum atomic E-state index is 14.0. The van der Waals surface area contributed by atoms with Crippen LogP contribution in [-0.4, -0.2) is 7.05 Å². The quantitative estimate of drug-likeness (QED) is 0.890. The number of aryl methyl sites for hydroxylation is 2. The lowest BCUT2D eigenvalue weighted by molar-refractivity contribution is 0.517. The van der Waals surface area contributed by atoms with Crippen LogP contribution in [-0.2, 0) is 6.42 Å². The zero-order valence-corrected chi connectivity index (χ0v) is 12.3. The fourth-order valence-corrected chi connectivity index (χ4v) is 2.39. The smallest absolute Gasteiger partial charge is 0.130 e. The van der Waals surface area contributed by atoms with Crippen molar-refractivity contribution in [2.45, 2.75) is 26.3 Å². The molecule has 1 N–H and O–H groups in total. The van der Waals surface area contributed by atoms with Gasteiger partial charge < -0.3 is 5.32 Å². The number of rotatable bonds is 4. The Bertz CT molecular complexity index is 653. The van der Waals surface area contributed by atoms with Crippen LogP contribution in [0.2, 0.25) is 0 Å². The Morgan fingerprint density at radius 2 is 1.67 bits per heavy atom. The molecule has 0 saturated heterocycles. The lowest BCUT2D eigenvalue weighted by Crippen LogP contribution is -2.21. The molecule has 4 heteroatoms. The molecule has 0 heterocycles. The standard InChI is InChI=1S/C17H18F3N/c1-10-4-5-13(18)7-12(10)8-17(21-3)14-6-11(2)15(19)9-16(14)20/h4-7,9,17,21H,8H2,1-3H3. The summed E-state index contributed by atoms with van der Waals surface area (Å²) in [5.41, 5.74) is 2.52. The fourth-order valence-electron chi connectivity index (χ4n) is 2.39. The number of nitrogens with one attached hydrogen (secondary N) is 1. The molecule has 0 radical (unpaired) electrons. The summed E-state index contributed by atoms with van der Waals surface area (Å²) in [6.07, 6.45) is 0.433. The third kappa shape index (κ3) is 3.45. The molecule has 0 spiro atoms. The van der Waals surface area contributed by atoms with E-state index in [1.807, 2.05) is 6.92 Å². The van der Waals surface area contributed by atoms with Crippen LogP contribution in [0.5, 0.6) is 0 Å². The predicted octanol–water partition coefficient (Wildman–Crippen LogP) is 4.22. The molecule has 112 valence electrons. The Labute approximate surface area is 122 Å². The summed E-state index contributed by atoms with van der Waals surface area (Å²) in [6, 6.07) is 6.60. The molecule has 2 aromatic rings. The van der Waals surface area contributed by atoms with Gasteiger partial charge in [0.15, 0.2) is 0 Å². The zero-order chi connectivity index (χ0) is 15.6. The van der Waals surface area contributed by atoms with Crippen LogP contribution in [0.4, 0.5) is 13.2 Å². The SMILES string of the molecule is CNC(Cc1cc(F)ccc1C)c1cc(C)c(F)cc1F. The molecule has 0 aliphatic heterocycles. The molecule has 0 bridgehead atoms. The van der Waals surface area contributed by atoms with E-state index >= 15 is 0 Å². The van der Waals surface area contributed by atoms with E-state index in [-0.39, 0.29) is 11.9 Å². The second kappa shape index (κ2) is 6.31. The van der Waals surface area contributed by atoms with Gasteiger partial charge in [-0.15, -0.1) is 0 Å². The van der Waals surface area contributed by atoms with E-state index in [2.05, 4.69) is 5.32 Å². The summed E-state index contributed by atoms with van der Waals surface area (Å²) in [5.74, 6) is -1.47. The topological polar surface area (TPSA) is 12.0 Å². The van der Waals surface area contributed by atoms with Crippen molar-refractivity contribution in [2.24, 2.45) is 0 Å². The first kappa shape index (κ1) is 15.6. The van der Waals surface area contributed by atoms with Crippen LogP contribution in [0.15, 0.2) is 30.3 Å². The second-order valence-electron chi connectivity index (χ2n) is 5.24. The maximum Gasteiger partial charge on any atom is 0.130 e. The Hall–Kier alpha value is -1.81. The molecule has 2 aromatic carbocycles. The van der Waals surface area contributed by atoms with Gasteiger partial charge in [-0.3, -0.25) is 0 Å². The molecule has 2 rings (SSSR count). The molecule has 0 aliphatic rings. The van der Waals surface area contributed by atoms with E-state index in [0.29, 0.717) is 17.5 Å². The van der Waals surface area contributed by atoms with Crippen molar-refractivity contribution >= 4 is 0 Å². The van der Waals surface area contributed by atoms with Crippen molar-refractivity contribution in [2.75, 3.05) is 7.05 Å². The zero-order valence-electron chi connectivity index (χ0n) is 12.3. The van der Waals surface area contributed by atoms with Crippen molar-refractivity contribution in [3.05, 3.63) is 70.0 Å². The second-order valence-corrected chi connectivity index (χ2v) is 5.24. The minimum atomic E-state index is -0.591.